The molecule has 134 valence electrons. The first-order chi connectivity index (χ1) is 12.5. The van der Waals surface area contributed by atoms with Gasteiger partial charge in [-0.25, -0.2) is 15.0 Å². The van der Waals surface area contributed by atoms with Crippen molar-refractivity contribution in [3.63, 3.8) is 0 Å². The molecule has 1 aliphatic rings. The summed E-state index contributed by atoms with van der Waals surface area (Å²) in [5.74, 6) is 0.257. The lowest BCUT2D eigenvalue weighted by molar-refractivity contribution is -0.134. The molecule has 7 heteroatoms. The maximum atomic E-state index is 12.5. The molecule has 4 nitrogen and oxygen atoms in total. The van der Waals surface area contributed by atoms with Crippen LogP contribution in [0.2, 0.25) is 0 Å². The SMILES string of the molecule is FC(F)(F)CCc1ncc2c(n1)CCCC=C2c1ccc2nccn2c1. The molecule has 0 N–H and O–H groups in total. The van der Waals surface area contributed by atoms with E-state index in [1.807, 2.05) is 28.9 Å². The molecule has 0 amide bonds. The van der Waals surface area contributed by atoms with E-state index in [4.69, 9.17) is 0 Å². The summed E-state index contributed by atoms with van der Waals surface area (Å²) < 4.78 is 39.3. The van der Waals surface area contributed by atoms with Gasteiger partial charge in [-0.3, -0.25) is 0 Å². The molecule has 3 aromatic heterocycles. The molecule has 0 bridgehead atoms. The minimum atomic E-state index is -4.19. The van der Waals surface area contributed by atoms with E-state index in [1.165, 1.54) is 0 Å². The minimum Gasteiger partial charge on any atom is -0.306 e. The van der Waals surface area contributed by atoms with Crippen molar-refractivity contribution in [2.75, 3.05) is 0 Å². The van der Waals surface area contributed by atoms with Crippen molar-refractivity contribution in [2.45, 2.75) is 38.3 Å². The highest BCUT2D eigenvalue weighted by Crippen LogP contribution is 2.30. The summed E-state index contributed by atoms with van der Waals surface area (Å²) in [5.41, 5.74) is 4.63. The second kappa shape index (κ2) is 6.55. The monoisotopic (exact) mass is 358 g/mol. The van der Waals surface area contributed by atoms with Crippen LogP contribution >= 0.6 is 0 Å². The molecule has 1 aliphatic carbocycles. The average molecular weight is 358 g/mol. The van der Waals surface area contributed by atoms with Gasteiger partial charge in [0.25, 0.3) is 0 Å². The largest absolute Gasteiger partial charge is 0.389 e. The van der Waals surface area contributed by atoms with E-state index in [0.717, 1.165) is 47.3 Å². The molecule has 0 saturated heterocycles. The number of aryl methyl sites for hydroxylation is 2. The highest BCUT2D eigenvalue weighted by Gasteiger charge is 2.27. The molecule has 0 aliphatic heterocycles. The second-order valence-corrected chi connectivity index (χ2v) is 6.38. The van der Waals surface area contributed by atoms with Gasteiger partial charge in [0.2, 0.25) is 0 Å². The Bertz CT molecular complexity index is 972. The van der Waals surface area contributed by atoms with Crippen molar-refractivity contribution >= 4 is 11.2 Å². The van der Waals surface area contributed by atoms with E-state index in [9.17, 15) is 13.2 Å². The van der Waals surface area contributed by atoms with E-state index < -0.39 is 12.6 Å². The van der Waals surface area contributed by atoms with E-state index in [2.05, 4.69) is 21.0 Å². The summed E-state index contributed by atoms with van der Waals surface area (Å²) in [7, 11) is 0. The Balaban J connectivity index is 1.69. The zero-order chi connectivity index (χ0) is 18.1. The van der Waals surface area contributed by atoms with Gasteiger partial charge in [0.1, 0.15) is 11.5 Å². The summed E-state index contributed by atoms with van der Waals surface area (Å²) >= 11 is 0. The second-order valence-electron chi connectivity index (χ2n) is 6.38. The number of pyridine rings is 1. The number of allylic oxidation sites excluding steroid dienone is 1. The van der Waals surface area contributed by atoms with Crippen molar-refractivity contribution in [1.29, 1.82) is 0 Å². The fourth-order valence-corrected chi connectivity index (χ4v) is 3.23. The van der Waals surface area contributed by atoms with Crippen LogP contribution in [0, 0.1) is 0 Å². The predicted octanol–water partition coefficient (Wildman–Crippen LogP) is 4.39. The van der Waals surface area contributed by atoms with Crippen LogP contribution in [-0.4, -0.2) is 25.5 Å². The van der Waals surface area contributed by atoms with Gasteiger partial charge in [0.15, 0.2) is 0 Å². The molecule has 0 saturated carbocycles. The molecule has 0 radical (unpaired) electrons. The van der Waals surface area contributed by atoms with Crippen LogP contribution < -0.4 is 0 Å². The number of hydrogen-bond donors (Lipinski definition) is 0. The molecule has 0 fully saturated rings. The van der Waals surface area contributed by atoms with Crippen LogP contribution in [0.5, 0.6) is 0 Å². The molecular formula is C19H17F3N4. The topological polar surface area (TPSA) is 43.1 Å². The van der Waals surface area contributed by atoms with Gasteiger partial charge in [0, 0.05) is 36.8 Å². The molecule has 26 heavy (non-hydrogen) atoms. The highest BCUT2D eigenvalue weighted by molar-refractivity contribution is 5.81. The summed E-state index contributed by atoms with van der Waals surface area (Å²) in [6.07, 6.45) is 6.73. The maximum Gasteiger partial charge on any atom is 0.389 e. The summed E-state index contributed by atoms with van der Waals surface area (Å²) in [6.45, 7) is 0. The fourth-order valence-electron chi connectivity index (χ4n) is 3.23. The van der Waals surface area contributed by atoms with E-state index in [1.54, 1.807) is 12.4 Å². The third-order valence-electron chi connectivity index (χ3n) is 4.51. The molecule has 0 atom stereocenters. The maximum absolute atomic E-state index is 12.5. The van der Waals surface area contributed by atoms with Crippen LogP contribution in [-0.2, 0) is 12.8 Å². The number of rotatable bonds is 3. The summed E-state index contributed by atoms with van der Waals surface area (Å²) in [5, 5.41) is 0. The Labute approximate surface area is 148 Å². The number of hydrogen-bond acceptors (Lipinski definition) is 3. The van der Waals surface area contributed by atoms with Gasteiger partial charge in [-0.05, 0) is 42.5 Å². The molecule has 0 spiro atoms. The predicted molar refractivity (Wildman–Crippen MR) is 91.6 cm³/mol. The number of halogens is 3. The molecular weight excluding hydrogens is 341 g/mol. The third-order valence-corrected chi connectivity index (χ3v) is 4.51. The number of imidazole rings is 1. The van der Waals surface area contributed by atoms with Crippen LogP contribution in [0.15, 0.2) is 43.0 Å². The quantitative estimate of drug-likeness (QED) is 0.697. The highest BCUT2D eigenvalue weighted by atomic mass is 19.4. The Morgan fingerprint density at radius 3 is 2.88 bits per heavy atom. The van der Waals surface area contributed by atoms with Crippen LogP contribution in [0.25, 0.3) is 11.2 Å². The normalized spacial score (nSPS) is 14.8. The first-order valence-corrected chi connectivity index (χ1v) is 8.55. The molecule has 4 rings (SSSR count). The lowest BCUT2D eigenvalue weighted by Gasteiger charge is -2.12. The molecule has 3 aromatic rings. The van der Waals surface area contributed by atoms with Crippen molar-refractivity contribution < 1.29 is 13.2 Å². The lowest BCUT2D eigenvalue weighted by atomic mass is 9.99. The van der Waals surface area contributed by atoms with Gasteiger partial charge in [-0.2, -0.15) is 13.2 Å². The molecule has 3 heterocycles. The van der Waals surface area contributed by atoms with Crippen molar-refractivity contribution in [2.24, 2.45) is 0 Å². The summed E-state index contributed by atoms with van der Waals surface area (Å²) in [6, 6.07) is 3.94. The number of alkyl halides is 3. The van der Waals surface area contributed by atoms with E-state index >= 15 is 0 Å². The lowest BCUT2D eigenvalue weighted by Crippen LogP contribution is -2.11. The summed E-state index contributed by atoms with van der Waals surface area (Å²) in [4.78, 5) is 12.9. The van der Waals surface area contributed by atoms with Gasteiger partial charge >= 0.3 is 6.18 Å². The first-order valence-electron chi connectivity index (χ1n) is 8.55. The number of nitrogens with zero attached hydrogens (tertiary/aromatic N) is 4. The average Bonchev–Trinajstić information content (AvgIpc) is 2.97. The van der Waals surface area contributed by atoms with Gasteiger partial charge in [0.05, 0.1) is 12.1 Å². The standard InChI is InChI=1S/C19H17F3N4/c20-19(21,22)8-7-17-24-11-15-14(3-1-2-4-16(15)25-17)13-5-6-18-23-9-10-26(18)12-13/h3,5-6,9-12H,1-2,4,7-8H2. The zero-order valence-electron chi connectivity index (χ0n) is 14.0. The Kier molecular flexibility index (Phi) is 4.22. The van der Waals surface area contributed by atoms with E-state index in [0.29, 0.717) is 0 Å². The Morgan fingerprint density at radius 2 is 2.04 bits per heavy atom. The van der Waals surface area contributed by atoms with Crippen molar-refractivity contribution in [3.8, 4) is 0 Å². The van der Waals surface area contributed by atoms with Crippen LogP contribution in [0.3, 0.4) is 0 Å². The van der Waals surface area contributed by atoms with Crippen LogP contribution in [0.4, 0.5) is 13.2 Å². The van der Waals surface area contributed by atoms with Crippen molar-refractivity contribution in [3.05, 3.63) is 65.6 Å². The third kappa shape index (κ3) is 3.47. The van der Waals surface area contributed by atoms with Gasteiger partial charge < -0.3 is 4.40 Å². The molecule has 0 unspecified atom stereocenters. The Morgan fingerprint density at radius 1 is 1.15 bits per heavy atom. The number of aromatic nitrogens is 4. The minimum absolute atomic E-state index is 0.184. The number of fused-ring (bicyclic) bond motifs is 2. The smallest absolute Gasteiger partial charge is 0.306 e. The fraction of sp³-hybridized carbons (Fsp3) is 0.316. The van der Waals surface area contributed by atoms with Crippen LogP contribution in [0.1, 0.15) is 41.9 Å². The first kappa shape index (κ1) is 16.8. The zero-order valence-corrected chi connectivity index (χ0v) is 14.0. The van der Waals surface area contributed by atoms with Gasteiger partial charge in [-0.15, -0.1) is 0 Å². The van der Waals surface area contributed by atoms with E-state index in [-0.39, 0.29) is 12.2 Å². The molecule has 0 aromatic carbocycles. The Hall–Kier alpha value is -2.70. The van der Waals surface area contributed by atoms with Crippen molar-refractivity contribution in [1.82, 2.24) is 19.4 Å². The van der Waals surface area contributed by atoms with Gasteiger partial charge in [-0.1, -0.05) is 6.08 Å².